The lowest BCUT2D eigenvalue weighted by molar-refractivity contribution is 0.103. The molecule has 1 fully saturated rings. The number of benzene rings is 1. The average molecular weight is 431 g/mol. The molecule has 4 nitrogen and oxygen atoms in total. The fraction of sp³-hybridized carbons (Fsp3) is 0.393. The van der Waals surface area contributed by atoms with Crippen molar-refractivity contribution in [3.63, 3.8) is 0 Å². The molecule has 3 aliphatic rings. The van der Waals surface area contributed by atoms with Gasteiger partial charge in [-0.05, 0) is 68.4 Å². The number of likely N-dealkylation sites (tertiary alicyclic amines) is 1. The van der Waals surface area contributed by atoms with Gasteiger partial charge in [-0.1, -0.05) is 43.0 Å². The number of ether oxygens (including phenoxy) is 1. The van der Waals surface area contributed by atoms with E-state index >= 15 is 0 Å². The first kappa shape index (κ1) is 22.3. The van der Waals surface area contributed by atoms with E-state index in [1.807, 2.05) is 36.4 Å². The van der Waals surface area contributed by atoms with Crippen molar-refractivity contribution in [1.82, 2.24) is 10.2 Å². The number of ketones is 1. The van der Waals surface area contributed by atoms with Gasteiger partial charge in [-0.25, -0.2) is 0 Å². The molecular weight excluding hydrogens is 396 g/mol. The van der Waals surface area contributed by atoms with E-state index in [1.54, 1.807) is 0 Å². The highest BCUT2D eigenvalue weighted by Gasteiger charge is 2.20. The molecular formula is C28H34N2O2. The van der Waals surface area contributed by atoms with Gasteiger partial charge >= 0.3 is 0 Å². The Hall–Kier alpha value is -2.85. The Morgan fingerprint density at radius 2 is 1.72 bits per heavy atom. The summed E-state index contributed by atoms with van der Waals surface area (Å²) in [5, 5.41) is 3.54. The van der Waals surface area contributed by atoms with Crippen molar-refractivity contribution in [2.45, 2.75) is 44.6 Å². The highest BCUT2D eigenvalue weighted by atomic mass is 16.5. The molecule has 1 N–H and O–H groups in total. The third-order valence-corrected chi connectivity index (χ3v) is 6.26. The van der Waals surface area contributed by atoms with E-state index in [4.69, 9.17) is 4.74 Å². The Morgan fingerprint density at radius 3 is 2.38 bits per heavy atom. The Bertz CT molecular complexity index is 929. The molecule has 2 aliphatic carbocycles. The van der Waals surface area contributed by atoms with Gasteiger partial charge in [0.25, 0.3) is 0 Å². The highest BCUT2D eigenvalue weighted by molar-refractivity contribution is 6.10. The number of piperidine rings is 1. The molecule has 1 aromatic carbocycles. The second kappa shape index (κ2) is 11.1. The first-order valence-electron chi connectivity index (χ1n) is 11.8. The van der Waals surface area contributed by atoms with Crippen molar-refractivity contribution in [3.8, 4) is 5.75 Å². The molecule has 1 saturated heterocycles. The standard InChI is InChI=1S/C28H34N2O2/c1-22(29-26-16-18-30(19-17-26)20-23-8-4-2-5-9-23)21-32-27-14-12-25(13-15-27)28(31)24-10-6-3-7-11-24/h4,6,8-15,26,29H,1-3,5,7,16-21H2. The van der Waals surface area contributed by atoms with Crippen LogP contribution in [-0.4, -0.2) is 43.0 Å². The van der Waals surface area contributed by atoms with Crippen LogP contribution in [0.3, 0.4) is 0 Å². The predicted octanol–water partition coefficient (Wildman–Crippen LogP) is 5.37. The molecule has 32 heavy (non-hydrogen) atoms. The number of nitrogens with zero attached hydrogens (tertiary/aromatic N) is 1. The number of hydrogen-bond donors (Lipinski definition) is 1. The topological polar surface area (TPSA) is 41.6 Å². The lowest BCUT2D eigenvalue weighted by atomic mass is 9.98. The maximum absolute atomic E-state index is 12.5. The van der Waals surface area contributed by atoms with Crippen LogP contribution in [0, 0.1) is 0 Å². The summed E-state index contributed by atoms with van der Waals surface area (Å²) in [6, 6.07) is 7.85. The van der Waals surface area contributed by atoms with Crippen molar-refractivity contribution in [2.24, 2.45) is 0 Å². The summed E-state index contributed by atoms with van der Waals surface area (Å²) in [4.78, 5) is 15.1. The smallest absolute Gasteiger partial charge is 0.192 e. The van der Waals surface area contributed by atoms with Crippen LogP contribution in [0.5, 0.6) is 5.75 Å². The van der Waals surface area contributed by atoms with E-state index in [-0.39, 0.29) is 5.78 Å². The Balaban J connectivity index is 1.17. The third-order valence-electron chi connectivity index (χ3n) is 6.26. The summed E-state index contributed by atoms with van der Waals surface area (Å²) in [7, 11) is 0. The molecule has 1 aliphatic heterocycles. The van der Waals surface area contributed by atoms with Crippen LogP contribution in [0.2, 0.25) is 0 Å². The zero-order valence-corrected chi connectivity index (χ0v) is 18.9. The molecule has 0 aromatic heterocycles. The highest BCUT2D eigenvalue weighted by Crippen LogP contribution is 2.20. The van der Waals surface area contributed by atoms with Gasteiger partial charge in [-0.3, -0.25) is 9.69 Å². The molecule has 4 heteroatoms. The number of carbonyl (C=O) groups is 1. The molecule has 1 heterocycles. The minimum absolute atomic E-state index is 0.0701. The Morgan fingerprint density at radius 1 is 1.00 bits per heavy atom. The summed E-state index contributed by atoms with van der Waals surface area (Å²) < 4.78 is 5.88. The lowest BCUT2D eigenvalue weighted by Crippen LogP contribution is -2.43. The van der Waals surface area contributed by atoms with Gasteiger partial charge in [-0.15, -0.1) is 0 Å². The monoisotopic (exact) mass is 430 g/mol. The van der Waals surface area contributed by atoms with Crippen molar-refractivity contribution < 1.29 is 9.53 Å². The maximum Gasteiger partial charge on any atom is 0.192 e. The molecule has 0 saturated carbocycles. The third kappa shape index (κ3) is 6.33. The van der Waals surface area contributed by atoms with Gasteiger partial charge in [0.1, 0.15) is 12.4 Å². The van der Waals surface area contributed by atoms with Crippen LogP contribution in [0.25, 0.3) is 0 Å². The van der Waals surface area contributed by atoms with Gasteiger partial charge in [0.15, 0.2) is 5.78 Å². The van der Waals surface area contributed by atoms with Crippen molar-refractivity contribution in [3.05, 3.63) is 89.7 Å². The van der Waals surface area contributed by atoms with Crippen LogP contribution in [0.1, 0.15) is 48.9 Å². The molecule has 0 amide bonds. The van der Waals surface area contributed by atoms with Gasteiger partial charge < -0.3 is 10.1 Å². The largest absolute Gasteiger partial charge is 0.487 e. The number of rotatable bonds is 9. The average Bonchev–Trinajstić information content (AvgIpc) is 2.85. The van der Waals surface area contributed by atoms with Gasteiger partial charge in [0.2, 0.25) is 0 Å². The van der Waals surface area contributed by atoms with Crippen LogP contribution in [-0.2, 0) is 0 Å². The summed E-state index contributed by atoms with van der Waals surface area (Å²) in [5.74, 6) is 0.821. The van der Waals surface area contributed by atoms with Crippen molar-refractivity contribution in [1.29, 1.82) is 0 Å². The second-order valence-corrected chi connectivity index (χ2v) is 8.84. The SMILES string of the molecule is C=C(COc1ccc(C(=O)C2=CCCC=C2)cc1)NC1CCN(CC2=CCCC=C2)CC1. The van der Waals surface area contributed by atoms with Gasteiger partial charge in [0, 0.05) is 42.5 Å². The van der Waals surface area contributed by atoms with Crippen molar-refractivity contribution in [2.75, 3.05) is 26.2 Å². The fourth-order valence-corrected chi connectivity index (χ4v) is 4.43. The zero-order valence-electron chi connectivity index (χ0n) is 18.9. The normalized spacial score (nSPS) is 19.2. The van der Waals surface area contributed by atoms with Crippen molar-refractivity contribution >= 4 is 5.78 Å². The molecule has 4 rings (SSSR count). The van der Waals surface area contributed by atoms with E-state index in [0.717, 1.165) is 62.3 Å². The molecule has 168 valence electrons. The van der Waals surface area contributed by atoms with Crippen LogP contribution in [0.4, 0.5) is 0 Å². The van der Waals surface area contributed by atoms with E-state index in [2.05, 4.69) is 41.1 Å². The maximum atomic E-state index is 12.5. The van der Waals surface area contributed by atoms with Gasteiger partial charge in [0.05, 0.1) is 0 Å². The number of hydrogen-bond acceptors (Lipinski definition) is 4. The molecule has 0 atom stereocenters. The molecule has 0 unspecified atom stereocenters. The number of Topliss-reactive ketones (excluding diaryl/α,β-unsaturated/α-hetero) is 1. The Kier molecular flexibility index (Phi) is 7.78. The fourth-order valence-electron chi connectivity index (χ4n) is 4.43. The minimum Gasteiger partial charge on any atom is -0.487 e. The van der Waals surface area contributed by atoms with Gasteiger partial charge in [-0.2, -0.15) is 0 Å². The quantitative estimate of drug-likeness (QED) is 0.535. The number of allylic oxidation sites excluding steroid dienone is 6. The summed E-state index contributed by atoms with van der Waals surface area (Å²) in [6.07, 6.45) is 19.5. The summed E-state index contributed by atoms with van der Waals surface area (Å²) in [5.41, 5.74) is 3.83. The second-order valence-electron chi connectivity index (χ2n) is 8.84. The molecule has 0 radical (unpaired) electrons. The van der Waals surface area contributed by atoms with Crippen LogP contribution < -0.4 is 10.1 Å². The predicted molar refractivity (Wildman–Crippen MR) is 131 cm³/mol. The van der Waals surface area contributed by atoms with E-state index in [1.165, 1.54) is 18.4 Å². The first-order valence-corrected chi connectivity index (χ1v) is 11.8. The summed E-state index contributed by atoms with van der Waals surface area (Å²) >= 11 is 0. The van der Waals surface area contributed by atoms with Crippen LogP contribution >= 0.6 is 0 Å². The van der Waals surface area contributed by atoms with E-state index < -0.39 is 0 Å². The van der Waals surface area contributed by atoms with E-state index in [9.17, 15) is 4.79 Å². The zero-order chi connectivity index (χ0) is 22.2. The minimum atomic E-state index is 0.0701. The summed E-state index contributed by atoms with van der Waals surface area (Å²) in [6.45, 7) is 7.86. The number of nitrogens with one attached hydrogen (secondary N) is 1. The molecule has 0 spiro atoms. The molecule has 0 bridgehead atoms. The first-order chi connectivity index (χ1) is 15.7. The molecule has 1 aromatic rings. The van der Waals surface area contributed by atoms with E-state index in [0.29, 0.717) is 18.2 Å². The lowest BCUT2D eigenvalue weighted by Gasteiger charge is -2.33. The van der Waals surface area contributed by atoms with Crippen LogP contribution in [0.15, 0.2) is 84.1 Å². The number of carbonyl (C=O) groups excluding carboxylic acids is 1. The Labute approximate surface area is 192 Å².